The van der Waals surface area contributed by atoms with E-state index in [9.17, 15) is 14.7 Å². The molecule has 2 N–H and O–H groups in total. The Hall–Kier alpha value is -2.80. The van der Waals surface area contributed by atoms with Gasteiger partial charge >= 0.3 is 12.1 Å². The fourth-order valence-corrected chi connectivity index (χ4v) is 3.36. The Morgan fingerprint density at radius 2 is 1.89 bits per heavy atom. The van der Waals surface area contributed by atoms with Crippen LogP contribution in [0.2, 0.25) is 0 Å². The summed E-state index contributed by atoms with van der Waals surface area (Å²) in [6, 6.07) is 12.3. The minimum atomic E-state index is -0.985. The molecule has 0 aliphatic heterocycles. The number of carbonyl (C=O) groups excluding carboxylic acids is 1. The van der Waals surface area contributed by atoms with Crippen LogP contribution in [0.1, 0.15) is 36.9 Å². The van der Waals surface area contributed by atoms with Crippen LogP contribution in [0, 0.1) is 0 Å². The number of carboxylic acid groups (broad SMARTS) is 1. The predicted molar refractivity (Wildman–Crippen MR) is 109 cm³/mol. The van der Waals surface area contributed by atoms with E-state index < -0.39 is 17.7 Å². The zero-order valence-corrected chi connectivity index (χ0v) is 17.3. The third-order valence-electron chi connectivity index (χ3n) is 3.90. The Morgan fingerprint density at radius 3 is 2.57 bits per heavy atom. The number of nitrogens with one attached hydrogen (secondary N) is 1. The number of hydrogen-bond donors (Lipinski definition) is 2. The standard InChI is InChI=1S/C21H20BrNO5/c1-21(2,3)28-20(26)23-11-14-9-13-8-12(10-17(22)18(13)27-14)15-6-4-5-7-16(15)19(24)25/h4-10H,11H2,1-3H3,(H,23,26)(H,24,25). The molecule has 146 valence electrons. The minimum Gasteiger partial charge on any atom is -0.478 e. The molecule has 7 heteroatoms. The highest BCUT2D eigenvalue weighted by Crippen LogP contribution is 2.34. The van der Waals surface area contributed by atoms with Crippen molar-refractivity contribution in [1.29, 1.82) is 0 Å². The van der Waals surface area contributed by atoms with Crippen LogP contribution in [0.4, 0.5) is 4.79 Å². The van der Waals surface area contributed by atoms with Gasteiger partial charge in [0.1, 0.15) is 16.9 Å². The average Bonchev–Trinajstić information content (AvgIpc) is 3.02. The van der Waals surface area contributed by atoms with Crippen LogP contribution < -0.4 is 5.32 Å². The molecule has 3 aromatic rings. The fraction of sp³-hybridized carbons (Fsp3) is 0.238. The molecule has 0 unspecified atom stereocenters. The van der Waals surface area contributed by atoms with Gasteiger partial charge in [-0.25, -0.2) is 9.59 Å². The third-order valence-corrected chi connectivity index (χ3v) is 4.49. The molecule has 2 aromatic carbocycles. The summed E-state index contributed by atoms with van der Waals surface area (Å²) >= 11 is 3.49. The Balaban J connectivity index is 1.89. The lowest BCUT2D eigenvalue weighted by atomic mass is 9.99. The zero-order valence-electron chi connectivity index (χ0n) is 15.7. The summed E-state index contributed by atoms with van der Waals surface area (Å²) < 4.78 is 11.7. The van der Waals surface area contributed by atoms with E-state index in [0.717, 1.165) is 10.9 Å². The molecule has 3 rings (SSSR count). The maximum Gasteiger partial charge on any atom is 0.408 e. The van der Waals surface area contributed by atoms with Gasteiger partial charge < -0.3 is 19.6 Å². The van der Waals surface area contributed by atoms with Crippen LogP contribution in [0.5, 0.6) is 0 Å². The van der Waals surface area contributed by atoms with Crippen LogP contribution in [-0.2, 0) is 11.3 Å². The Bertz CT molecular complexity index is 1050. The normalized spacial score (nSPS) is 11.4. The number of aromatic carboxylic acids is 1. The molecule has 0 atom stereocenters. The molecule has 28 heavy (non-hydrogen) atoms. The lowest BCUT2D eigenvalue weighted by Gasteiger charge is -2.19. The summed E-state index contributed by atoms with van der Waals surface area (Å²) in [4.78, 5) is 23.3. The summed E-state index contributed by atoms with van der Waals surface area (Å²) in [7, 11) is 0. The predicted octanol–water partition coefficient (Wildman–Crippen LogP) is 5.59. The van der Waals surface area contributed by atoms with Gasteiger partial charge in [0.2, 0.25) is 0 Å². The van der Waals surface area contributed by atoms with Crippen molar-refractivity contribution in [3.63, 3.8) is 0 Å². The monoisotopic (exact) mass is 445 g/mol. The molecular formula is C21H20BrNO5. The summed E-state index contributed by atoms with van der Waals surface area (Å²) in [6.07, 6.45) is -0.525. The number of carbonyl (C=O) groups is 2. The lowest BCUT2D eigenvalue weighted by molar-refractivity contribution is 0.0519. The van der Waals surface area contributed by atoms with E-state index >= 15 is 0 Å². The van der Waals surface area contributed by atoms with Crippen molar-refractivity contribution in [2.24, 2.45) is 0 Å². The van der Waals surface area contributed by atoms with E-state index in [1.165, 1.54) is 0 Å². The van der Waals surface area contributed by atoms with Gasteiger partial charge in [0.15, 0.2) is 0 Å². The molecule has 0 aliphatic rings. The second kappa shape index (κ2) is 7.67. The molecule has 0 saturated carbocycles. The van der Waals surface area contributed by atoms with Crippen LogP contribution >= 0.6 is 15.9 Å². The number of carboxylic acids is 1. The van der Waals surface area contributed by atoms with Crippen LogP contribution in [0.3, 0.4) is 0 Å². The zero-order chi connectivity index (χ0) is 20.5. The first-order valence-corrected chi connectivity index (χ1v) is 9.45. The van der Waals surface area contributed by atoms with E-state index in [-0.39, 0.29) is 12.1 Å². The molecule has 1 amide bonds. The third kappa shape index (κ3) is 4.54. The fourth-order valence-electron chi connectivity index (χ4n) is 2.80. The van der Waals surface area contributed by atoms with Crippen molar-refractivity contribution in [2.75, 3.05) is 0 Å². The maximum absolute atomic E-state index is 11.8. The van der Waals surface area contributed by atoms with Gasteiger partial charge in [0.25, 0.3) is 0 Å². The molecule has 0 bridgehead atoms. The number of furan rings is 1. The molecule has 0 spiro atoms. The van der Waals surface area contributed by atoms with Crippen LogP contribution in [-0.4, -0.2) is 22.8 Å². The molecule has 0 aliphatic carbocycles. The summed E-state index contributed by atoms with van der Waals surface area (Å²) in [6.45, 7) is 5.56. The van der Waals surface area contributed by atoms with Crippen molar-refractivity contribution in [3.05, 3.63) is 58.3 Å². The van der Waals surface area contributed by atoms with Crippen molar-refractivity contribution < 1.29 is 23.8 Å². The van der Waals surface area contributed by atoms with Crippen molar-refractivity contribution in [3.8, 4) is 11.1 Å². The van der Waals surface area contributed by atoms with Gasteiger partial charge in [-0.15, -0.1) is 0 Å². The first kappa shape index (κ1) is 19.9. The summed E-state index contributed by atoms with van der Waals surface area (Å²) in [5.41, 5.74) is 1.65. The number of alkyl carbamates (subject to hydrolysis) is 1. The number of fused-ring (bicyclic) bond motifs is 1. The van der Waals surface area contributed by atoms with Crippen LogP contribution in [0.15, 0.2) is 51.4 Å². The Kier molecular flexibility index (Phi) is 5.47. The van der Waals surface area contributed by atoms with Gasteiger partial charge in [-0.05, 0) is 72.1 Å². The van der Waals surface area contributed by atoms with E-state index in [2.05, 4.69) is 21.2 Å². The topological polar surface area (TPSA) is 88.8 Å². The second-order valence-electron chi connectivity index (χ2n) is 7.30. The lowest BCUT2D eigenvalue weighted by Crippen LogP contribution is -2.32. The number of halogens is 1. The number of rotatable bonds is 4. The largest absolute Gasteiger partial charge is 0.478 e. The first-order chi connectivity index (χ1) is 13.1. The molecule has 0 saturated heterocycles. The van der Waals surface area contributed by atoms with E-state index in [1.807, 2.05) is 18.2 Å². The highest BCUT2D eigenvalue weighted by molar-refractivity contribution is 9.10. The average molecular weight is 446 g/mol. The minimum absolute atomic E-state index is 0.178. The quantitative estimate of drug-likeness (QED) is 0.546. The smallest absolute Gasteiger partial charge is 0.408 e. The van der Waals surface area contributed by atoms with Crippen molar-refractivity contribution >= 4 is 39.0 Å². The second-order valence-corrected chi connectivity index (χ2v) is 8.15. The van der Waals surface area contributed by atoms with Gasteiger partial charge in [0.05, 0.1) is 16.6 Å². The molecule has 0 fully saturated rings. The van der Waals surface area contributed by atoms with Crippen molar-refractivity contribution in [1.82, 2.24) is 5.32 Å². The summed E-state index contributed by atoms with van der Waals surface area (Å²) in [5, 5.41) is 12.9. The van der Waals surface area contributed by atoms with E-state index in [0.29, 0.717) is 21.4 Å². The molecule has 1 heterocycles. The highest BCUT2D eigenvalue weighted by atomic mass is 79.9. The van der Waals surface area contributed by atoms with E-state index in [4.69, 9.17) is 9.15 Å². The number of benzene rings is 2. The van der Waals surface area contributed by atoms with Crippen molar-refractivity contribution in [2.45, 2.75) is 32.9 Å². The number of ether oxygens (including phenoxy) is 1. The first-order valence-electron chi connectivity index (χ1n) is 8.65. The number of amides is 1. The Morgan fingerprint density at radius 1 is 1.18 bits per heavy atom. The molecule has 1 aromatic heterocycles. The van der Waals surface area contributed by atoms with Gasteiger partial charge in [-0.3, -0.25) is 0 Å². The highest BCUT2D eigenvalue weighted by Gasteiger charge is 2.17. The van der Waals surface area contributed by atoms with Gasteiger partial charge in [-0.1, -0.05) is 18.2 Å². The van der Waals surface area contributed by atoms with E-state index in [1.54, 1.807) is 45.0 Å². The maximum atomic E-state index is 11.8. The van der Waals surface area contributed by atoms with Gasteiger partial charge in [-0.2, -0.15) is 0 Å². The van der Waals surface area contributed by atoms with Gasteiger partial charge in [0, 0.05) is 5.39 Å². The van der Waals surface area contributed by atoms with Crippen LogP contribution in [0.25, 0.3) is 22.1 Å². The molecule has 0 radical (unpaired) electrons. The SMILES string of the molecule is CC(C)(C)OC(=O)NCc1cc2cc(-c3ccccc3C(=O)O)cc(Br)c2o1. The molecule has 6 nitrogen and oxygen atoms in total. The molecular weight excluding hydrogens is 426 g/mol. The number of hydrogen-bond acceptors (Lipinski definition) is 4. The summed E-state index contributed by atoms with van der Waals surface area (Å²) in [5.74, 6) is -0.425. The Labute approximate surface area is 170 Å².